The predicted molar refractivity (Wildman–Crippen MR) is 72.1 cm³/mol. The van der Waals surface area contributed by atoms with E-state index in [4.69, 9.17) is 11.6 Å². The first-order valence-electron chi connectivity index (χ1n) is 6.26. The molecule has 0 saturated carbocycles. The number of rotatable bonds is 4. The van der Waals surface area contributed by atoms with Crippen molar-refractivity contribution in [2.24, 2.45) is 11.8 Å². The van der Waals surface area contributed by atoms with Crippen molar-refractivity contribution >= 4 is 23.4 Å². The van der Waals surface area contributed by atoms with Crippen LogP contribution in [0.2, 0.25) is 0 Å². The topological polar surface area (TPSA) is 49.4 Å². The first kappa shape index (κ1) is 15.0. The molecular weight excluding hydrogens is 252 g/mol. The van der Waals surface area contributed by atoms with E-state index in [-0.39, 0.29) is 23.7 Å². The van der Waals surface area contributed by atoms with Crippen LogP contribution in [0.25, 0.3) is 0 Å². The lowest BCUT2D eigenvalue weighted by Gasteiger charge is -2.41. The molecule has 5 heteroatoms. The highest BCUT2D eigenvalue weighted by atomic mass is 35.5. The van der Waals surface area contributed by atoms with Crippen molar-refractivity contribution in [1.82, 2.24) is 10.2 Å². The zero-order valence-electron chi connectivity index (χ0n) is 11.3. The van der Waals surface area contributed by atoms with Crippen molar-refractivity contribution in [1.29, 1.82) is 0 Å². The van der Waals surface area contributed by atoms with Crippen molar-refractivity contribution in [3.8, 4) is 0 Å². The highest BCUT2D eigenvalue weighted by Gasteiger charge is 2.42. The molecule has 4 nitrogen and oxygen atoms in total. The summed E-state index contributed by atoms with van der Waals surface area (Å²) >= 11 is 5.51. The average Bonchev–Trinajstić information content (AvgIpc) is 2.28. The lowest BCUT2D eigenvalue weighted by atomic mass is 9.93. The van der Waals surface area contributed by atoms with Gasteiger partial charge >= 0.3 is 0 Å². The summed E-state index contributed by atoms with van der Waals surface area (Å²) in [6.45, 7) is 8.10. The van der Waals surface area contributed by atoms with Crippen LogP contribution in [0.5, 0.6) is 0 Å². The molecule has 1 heterocycles. The van der Waals surface area contributed by atoms with E-state index in [1.165, 1.54) is 5.54 Å². The van der Waals surface area contributed by atoms with Crippen LogP contribution in [-0.2, 0) is 9.59 Å². The van der Waals surface area contributed by atoms with Gasteiger partial charge in [-0.15, -0.1) is 0 Å². The van der Waals surface area contributed by atoms with Crippen molar-refractivity contribution in [3.05, 3.63) is 11.6 Å². The molecule has 1 saturated heterocycles. The van der Waals surface area contributed by atoms with Crippen molar-refractivity contribution in [2.75, 3.05) is 6.54 Å². The Hall–Kier alpha value is -1.03. The molecule has 1 aliphatic rings. The van der Waals surface area contributed by atoms with E-state index in [9.17, 15) is 9.59 Å². The molecule has 2 amide bonds. The molecule has 1 rings (SSSR count). The molecule has 1 N–H and O–H groups in total. The molecule has 0 aromatic carbocycles. The Labute approximate surface area is 113 Å². The van der Waals surface area contributed by atoms with Crippen LogP contribution >= 0.6 is 11.6 Å². The number of carbonyl (C=O) groups is 2. The zero-order valence-corrected chi connectivity index (χ0v) is 12.1. The molecule has 0 radical (unpaired) electrons. The smallest absolute Gasteiger partial charge is 0.246 e. The number of nitrogens with zero attached hydrogens (tertiary/aromatic N) is 1. The summed E-state index contributed by atoms with van der Waals surface area (Å²) in [6.07, 6.45) is 1.69. The van der Waals surface area contributed by atoms with Crippen LogP contribution < -0.4 is 5.32 Å². The fourth-order valence-corrected chi connectivity index (χ4v) is 2.31. The second kappa shape index (κ2) is 6.23. The first-order chi connectivity index (χ1) is 8.40. The highest BCUT2D eigenvalue weighted by Crippen LogP contribution is 2.20. The Bertz CT molecular complexity index is 353. The molecule has 2 unspecified atom stereocenters. The van der Waals surface area contributed by atoms with Gasteiger partial charge in [0, 0.05) is 12.1 Å². The number of amides is 2. The van der Waals surface area contributed by atoms with E-state index in [1.54, 1.807) is 11.0 Å². The molecule has 1 aliphatic heterocycles. The molecule has 0 aromatic rings. The number of nitrogens with one attached hydrogen (secondary N) is 1. The molecule has 0 aliphatic carbocycles. The minimum Gasteiger partial charge on any atom is -0.342 e. The zero-order chi connectivity index (χ0) is 13.9. The first-order valence-corrected chi connectivity index (χ1v) is 6.69. The Morgan fingerprint density at radius 3 is 2.33 bits per heavy atom. The van der Waals surface area contributed by atoms with Gasteiger partial charge in [-0.2, -0.15) is 0 Å². The maximum atomic E-state index is 12.4. The van der Waals surface area contributed by atoms with Crippen LogP contribution in [0.15, 0.2) is 11.6 Å². The minimum absolute atomic E-state index is 0.0296. The Balaban J connectivity index is 3.00. The van der Waals surface area contributed by atoms with Gasteiger partial charge in [-0.25, -0.2) is 0 Å². The van der Waals surface area contributed by atoms with Gasteiger partial charge in [0.05, 0.1) is 0 Å². The van der Waals surface area contributed by atoms with Gasteiger partial charge in [0.25, 0.3) is 0 Å². The average molecular weight is 273 g/mol. The van der Waals surface area contributed by atoms with Crippen molar-refractivity contribution in [3.63, 3.8) is 0 Å². The monoisotopic (exact) mass is 272 g/mol. The number of carbonyl (C=O) groups excluding carboxylic acids is 2. The van der Waals surface area contributed by atoms with Crippen LogP contribution in [0.3, 0.4) is 0 Å². The van der Waals surface area contributed by atoms with E-state index < -0.39 is 12.1 Å². The van der Waals surface area contributed by atoms with Gasteiger partial charge in [-0.05, 0) is 11.8 Å². The van der Waals surface area contributed by atoms with Crippen LogP contribution in [0.4, 0.5) is 0 Å². The van der Waals surface area contributed by atoms with Crippen LogP contribution in [0, 0.1) is 11.8 Å². The molecular formula is C13H21ClN2O2. The van der Waals surface area contributed by atoms with Gasteiger partial charge in [0.2, 0.25) is 11.8 Å². The quantitative estimate of drug-likeness (QED) is 0.848. The fourth-order valence-electron chi connectivity index (χ4n) is 2.23. The third-order valence-corrected chi connectivity index (χ3v) is 3.32. The van der Waals surface area contributed by atoms with Crippen molar-refractivity contribution < 1.29 is 9.59 Å². The summed E-state index contributed by atoms with van der Waals surface area (Å²) in [5, 5.41) is 2.82. The third-order valence-electron chi connectivity index (χ3n) is 3.14. The molecule has 102 valence electrons. The van der Waals surface area contributed by atoms with E-state index in [0.717, 1.165) is 0 Å². The number of hydrogen-bond acceptors (Lipinski definition) is 2. The summed E-state index contributed by atoms with van der Waals surface area (Å²) in [7, 11) is 0. The van der Waals surface area contributed by atoms with E-state index in [1.807, 2.05) is 27.7 Å². The lowest BCUT2D eigenvalue weighted by molar-refractivity contribution is -0.151. The van der Waals surface area contributed by atoms with Gasteiger partial charge in [0.15, 0.2) is 0 Å². The Morgan fingerprint density at radius 2 is 1.89 bits per heavy atom. The second-order valence-corrected chi connectivity index (χ2v) is 5.52. The summed E-state index contributed by atoms with van der Waals surface area (Å²) in [4.78, 5) is 26.1. The summed E-state index contributed by atoms with van der Waals surface area (Å²) < 4.78 is 0. The maximum Gasteiger partial charge on any atom is 0.246 e. The molecule has 0 aromatic heterocycles. The maximum absolute atomic E-state index is 12.4. The molecule has 2 atom stereocenters. The van der Waals surface area contributed by atoms with Gasteiger partial charge in [-0.3, -0.25) is 9.59 Å². The Kier molecular flexibility index (Phi) is 5.20. The summed E-state index contributed by atoms with van der Waals surface area (Å²) in [5.74, 6) is 0.0483. The van der Waals surface area contributed by atoms with Gasteiger partial charge < -0.3 is 10.2 Å². The lowest BCUT2D eigenvalue weighted by Crippen LogP contribution is -2.66. The number of halogens is 1. The highest BCUT2D eigenvalue weighted by molar-refractivity contribution is 6.25. The van der Waals surface area contributed by atoms with Crippen LogP contribution in [-0.4, -0.2) is 35.3 Å². The Morgan fingerprint density at radius 1 is 1.28 bits per heavy atom. The van der Waals surface area contributed by atoms with Gasteiger partial charge in [0.1, 0.15) is 12.1 Å². The molecule has 0 bridgehead atoms. The normalized spacial score (nSPS) is 25.4. The van der Waals surface area contributed by atoms with Gasteiger partial charge in [-0.1, -0.05) is 45.4 Å². The molecule has 0 spiro atoms. The van der Waals surface area contributed by atoms with E-state index in [2.05, 4.69) is 5.32 Å². The van der Waals surface area contributed by atoms with Crippen molar-refractivity contribution in [2.45, 2.75) is 39.8 Å². The summed E-state index contributed by atoms with van der Waals surface area (Å²) in [5.41, 5.74) is 1.38. The molecule has 18 heavy (non-hydrogen) atoms. The SMILES string of the molecule is CC(C)C1NC(=O)C(C(C)C)N(C/C=C/Cl)C1=O. The van der Waals surface area contributed by atoms with E-state index >= 15 is 0 Å². The number of hydrogen-bond donors (Lipinski definition) is 1. The van der Waals surface area contributed by atoms with Crippen LogP contribution in [0.1, 0.15) is 27.7 Å². The third kappa shape index (κ3) is 3.05. The fraction of sp³-hybridized carbons (Fsp3) is 0.692. The number of piperazine rings is 1. The molecule has 1 fully saturated rings. The standard InChI is InChI=1S/C13H21ClN2O2/c1-8(2)10-13(18)16(7-5-6-14)11(9(3)4)12(17)15-10/h5-6,8-11H,7H2,1-4H3,(H,15,17)/b6-5+. The van der Waals surface area contributed by atoms with E-state index in [0.29, 0.717) is 6.54 Å². The minimum atomic E-state index is -0.434. The summed E-state index contributed by atoms with van der Waals surface area (Å²) in [6, 6.07) is -0.850. The second-order valence-electron chi connectivity index (χ2n) is 5.27. The predicted octanol–water partition coefficient (Wildman–Crippen LogP) is 1.75. The largest absolute Gasteiger partial charge is 0.342 e.